The van der Waals surface area contributed by atoms with Gasteiger partial charge < -0.3 is 25.0 Å². The second-order valence-corrected chi connectivity index (χ2v) is 11.7. The summed E-state index contributed by atoms with van der Waals surface area (Å²) in [5, 5.41) is 8.98. The predicted octanol–water partition coefficient (Wildman–Crippen LogP) is 5.22. The van der Waals surface area contributed by atoms with Crippen molar-refractivity contribution in [3.63, 3.8) is 0 Å². The number of nitrogens with two attached hydrogens (primary N) is 1. The van der Waals surface area contributed by atoms with Gasteiger partial charge in [-0.2, -0.15) is 0 Å². The third-order valence-electron chi connectivity index (χ3n) is 7.56. The van der Waals surface area contributed by atoms with Crippen LogP contribution in [0, 0.1) is 11.8 Å². The third-order valence-corrected chi connectivity index (χ3v) is 7.56. The van der Waals surface area contributed by atoms with Crippen LogP contribution in [-0.2, 0) is 27.4 Å². The number of Topliss-reactive ketones (excluding diaryl/α,β-unsaturated/α-hetero) is 1. The van der Waals surface area contributed by atoms with Gasteiger partial charge in [0.05, 0.1) is 17.1 Å². The van der Waals surface area contributed by atoms with E-state index in [2.05, 4.69) is 16.7 Å². The molecule has 1 aromatic carbocycles. The molecule has 1 aliphatic carbocycles. The van der Waals surface area contributed by atoms with E-state index in [4.69, 9.17) is 20.6 Å². The number of rotatable bonds is 11. The van der Waals surface area contributed by atoms with E-state index in [1.807, 2.05) is 32.2 Å². The van der Waals surface area contributed by atoms with Crippen molar-refractivity contribution in [2.24, 2.45) is 17.6 Å². The van der Waals surface area contributed by atoms with Crippen molar-refractivity contribution in [2.75, 3.05) is 20.3 Å². The first-order valence-corrected chi connectivity index (χ1v) is 14.7. The molecule has 4 rings (SSSR count). The molecule has 1 atom stereocenters. The second-order valence-electron chi connectivity index (χ2n) is 11.7. The van der Waals surface area contributed by atoms with Crippen LogP contribution in [-0.4, -0.2) is 58.1 Å². The number of aromatic nitrogens is 2. The molecule has 1 aromatic heterocycles. The lowest BCUT2D eigenvalue weighted by Gasteiger charge is -2.24. The Morgan fingerprint density at radius 3 is 2.50 bits per heavy atom. The van der Waals surface area contributed by atoms with E-state index in [1.165, 1.54) is 30.6 Å². The molecule has 3 N–H and O–H groups in total. The molecular weight excluding hydrogens is 504 g/mol. The van der Waals surface area contributed by atoms with Crippen molar-refractivity contribution in [3.8, 4) is 0 Å². The minimum absolute atomic E-state index is 0.233. The van der Waals surface area contributed by atoms with Crippen LogP contribution in [0.4, 0.5) is 0 Å². The summed E-state index contributed by atoms with van der Waals surface area (Å²) < 4.78 is 7.82. The maximum absolute atomic E-state index is 11.2. The monoisotopic (exact) mass is 552 g/mol. The molecule has 1 saturated carbocycles. The highest BCUT2D eigenvalue weighted by molar-refractivity contribution is 5.83. The Labute approximate surface area is 239 Å². The van der Waals surface area contributed by atoms with Gasteiger partial charge >= 0.3 is 0 Å². The highest BCUT2D eigenvalue weighted by Gasteiger charge is 2.21. The van der Waals surface area contributed by atoms with Gasteiger partial charge in [-0.1, -0.05) is 43.4 Å². The molecule has 1 aliphatic heterocycles. The van der Waals surface area contributed by atoms with Gasteiger partial charge in [-0.15, -0.1) is 0 Å². The summed E-state index contributed by atoms with van der Waals surface area (Å²) in [7, 11) is 1.74. The molecule has 2 aromatic rings. The highest BCUT2D eigenvalue weighted by atomic mass is 16.5. The minimum atomic E-state index is -0.459. The van der Waals surface area contributed by atoms with Crippen molar-refractivity contribution in [1.29, 1.82) is 0 Å². The topological polar surface area (TPSA) is 111 Å². The van der Waals surface area contributed by atoms with E-state index in [1.54, 1.807) is 14.0 Å². The summed E-state index contributed by atoms with van der Waals surface area (Å²) in [6.07, 6.45) is 12.4. The molecule has 1 amide bonds. The molecule has 220 valence electrons. The molecule has 8 heteroatoms. The molecule has 2 aliphatic rings. The Morgan fingerprint density at radius 2 is 1.90 bits per heavy atom. The summed E-state index contributed by atoms with van der Waals surface area (Å²) in [4.78, 5) is 28.9. The first-order valence-electron chi connectivity index (χ1n) is 14.7. The number of allylic oxidation sites excluding steroid dienone is 3. The van der Waals surface area contributed by atoms with Gasteiger partial charge in [0, 0.05) is 58.0 Å². The Kier molecular flexibility index (Phi) is 12.6. The number of carbonyl (C=O) groups excluding carboxylic acids is 2. The number of ketones is 1. The summed E-state index contributed by atoms with van der Waals surface area (Å²) in [6, 6.07) is 6.19. The van der Waals surface area contributed by atoms with Crippen molar-refractivity contribution >= 4 is 28.8 Å². The van der Waals surface area contributed by atoms with E-state index in [0.717, 1.165) is 72.6 Å². The predicted molar refractivity (Wildman–Crippen MR) is 160 cm³/mol. The quantitative estimate of drug-likeness (QED) is 0.292. The van der Waals surface area contributed by atoms with Crippen LogP contribution < -0.4 is 5.73 Å². The van der Waals surface area contributed by atoms with Crippen molar-refractivity contribution < 1.29 is 19.4 Å². The molecule has 40 heavy (non-hydrogen) atoms. The van der Waals surface area contributed by atoms with Gasteiger partial charge in [0.1, 0.15) is 11.6 Å². The van der Waals surface area contributed by atoms with Crippen LogP contribution in [0.5, 0.6) is 0 Å². The molecule has 8 nitrogen and oxygen atoms in total. The van der Waals surface area contributed by atoms with Crippen LogP contribution in [0.2, 0.25) is 0 Å². The number of amides is 1. The van der Waals surface area contributed by atoms with Gasteiger partial charge in [-0.25, -0.2) is 4.98 Å². The first-order chi connectivity index (χ1) is 19.2. The Bertz CT molecular complexity index is 1170. The smallest absolute Gasteiger partial charge is 0.213 e. The summed E-state index contributed by atoms with van der Waals surface area (Å²) in [6.45, 7) is 8.77. The van der Waals surface area contributed by atoms with Crippen LogP contribution in [0.1, 0.15) is 83.5 Å². The Balaban J connectivity index is 0.000000307. The summed E-state index contributed by atoms with van der Waals surface area (Å²) in [5.41, 5.74) is 11.1. The molecule has 0 bridgehead atoms. The molecular formula is C32H48N4O4. The zero-order chi connectivity index (χ0) is 29.1. The van der Waals surface area contributed by atoms with Crippen LogP contribution in [0.25, 0.3) is 16.6 Å². The number of aliphatic hydroxyl groups excluding tert-OH is 1. The lowest BCUT2D eigenvalue weighted by Crippen LogP contribution is -2.21. The number of aliphatic hydroxyl groups is 1. The number of nitrogens with zero attached hydrogens (tertiary/aromatic N) is 3. The number of hydrogen-bond donors (Lipinski definition) is 2. The lowest BCUT2D eigenvalue weighted by atomic mass is 9.98. The fourth-order valence-corrected chi connectivity index (χ4v) is 5.56. The molecule has 0 spiro atoms. The number of fused-ring (bicyclic) bond motifs is 1. The molecule has 2 heterocycles. The normalized spacial score (nSPS) is 17.3. The maximum atomic E-state index is 11.2. The van der Waals surface area contributed by atoms with Gasteiger partial charge in [0.25, 0.3) is 0 Å². The van der Waals surface area contributed by atoms with Crippen molar-refractivity contribution in [3.05, 3.63) is 47.4 Å². The fraction of sp³-hybridized carbons (Fsp3) is 0.594. The van der Waals surface area contributed by atoms with E-state index < -0.39 is 6.10 Å². The van der Waals surface area contributed by atoms with Crippen LogP contribution >= 0.6 is 0 Å². The molecule has 0 radical (unpaired) electrons. The van der Waals surface area contributed by atoms with E-state index in [9.17, 15) is 9.59 Å². The minimum Gasteiger partial charge on any atom is -0.393 e. The number of carbonyl (C=O) groups is 2. The van der Waals surface area contributed by atoms with E-state index in [-0.39, 0.29) is 5.78 Å². The fourth-order valence-electron chi connectivity index (χ4n) is 5.56. The van der Waals surface area contributed by atoms with Gasteiger partial charge in [0.15, 0.2) is 0 Å². The van der Waals surface area contributed by atoms with Gasteiger partial charge in [-0.3, -0.25) is 9.59 Å². The van der Waals surface area contributed by atoms with Gasteiger partial charge in [-0.05, 0) is 63.1 Å². The standard InChI is InChI=1S/C22H30N4O2.C10H18O2/c1-16(2)10-19(14-25(3)15-27)22-24-20-5-4-18(12-23)11-21(20)26(22)13-17-6-8-28-9-7-17;1-8(11)6-10(12)7-9-4-2-3-5-9/h4-5,10-11,14-15,17H,6-9,12-13,23H2,1-3H3;8-9,11H,2-7H2,1H3/b19-14+;/t;8-/m.1/s1. The molecule has 0 unspecified atom stereocenters. The van der Waals surface area contributed by atoms with Crippen LogP contribution in [0.3, 0.4) is 0 Å². The van der Waals surface area contributed by atoms with Crippen LogP contribution in [0.15, 0.2) is 36.0 Å². The maximum Gasteiger partial charge on any atom is 0.213 e. The largest absolute Gasteiger partial charge is 0.393 e. The summed E-state index contributed by atoms with van der Waals surface area (Å²) in [5.74, 6) is 2.28. The SMILES string of the molecule is CC(C)=C/C(=C\N(C)C=O)c1nc2ccc(CN)cc2n1CC1CCOCC1.C[C@@H](O)CC(=O)CC1CCCC1. The number of imidazole rings is 1. The van der Waals surface area contributed by atoms with Crippen molar-refractivity contribution in [2.45, 2.75) is 91.3 Å². The van der Waals surface area contributed by atoms with E-state index in [0.29, 0.717) is 31.2 Å². The first kappa shape index (κ1) is 31.7. The Morgan fingerprint density at radius 1 is 1.20 bits per heavy atom. The zero-order valence-electron chi connectivity index (χ0n) is 24.8. The average Bonchev–Trinajstić information content (AvgIpc) is 3.56. The van der Waals surface area contributed by atoms with Crippen molar-refractivity contribution in [1.82, 2.24) is 14.5 Å². The number of benzene rings is 1. The Hall–Kier alpha value is -2.81. The number of ether oxygens (including phenoxy) is 1. The molecule has 2 fully saturated rings. The third kappa shape index (κ3) is 9.68. The summed E-state index contributed by atoms with van der Waals surface area (Å²) >= 11 is 0. The average molecular weight is 553 g/mol. The second kappa shape index (κ2) is 15.8. The zero-order valence-corrected chi connectivity index (χ0v) is 24.8. The van der Waals surface area contributed by atoms with Gasteiger partial charge in [0.2, 0.25) is 6.41 Å². The molecule has 1 saturated heterocycles. The number of hydrogen-bond acceptors (Lipinski definition) is 6. The highest BCUT2D eigenvalue weighted by Crippen LogP contribution is 2.29. The lowest BCUT2D eigenvalue weighted by molar-refractivity contribution is -0.121. The van der Waals surface area contributed by atoms with E-state index >= 15 is 0 Å².